The van der Waals surface area contributed by atoms with E-state index in [2.05, 4.69) is 49.8 Å². The van der Waals surface area contributed by atoms with Crippen molar-refractivity contribution in [3.63, 3.8) is 0 Å². The molecule has 176 valence electrons. The molecule has 6 heteroatoms. The maximum absolute atomic E-state index is 5.00. The maximum Gasteiger partial charge on any atom is 0.0926 e. The number of rotatable bonds is 2. The van der Waals surface area contributed by atoms with Crippen LogP contribution in [-0.2, 0) is 0 Å². The number of aromatic nitrogens is 6. The van der Waals surface area contributed by atoms with E-state index >= 15 is 0 Å². The first-order chi connectivity index (χ1) is 17.3. The van der Waals surface area contributed by atoms with Crippen molar-refractivity contribution >= 4 is 32.8 Å². The molecule has 6 aromatic rings. The summed E-state index contributed by atoms with van der Waals surface area (Å²) in [6.07, 6.45) is 9.42. The Morgan fingerprint density at radius 2 is 1.22 bits per heavy atom. The lowest BCUT2D eigenvalue weighted by molar-refractivity contribution is 1.18. The number of hydrogen-bond donors (Lipinski definition) is 0. The van der Waals surface area contributed by atoms with Gasteiger partial charge in [0.1, 0.15) is 0 Å². The van der Waals surface area contributed by atoms with Crippen LogP contribution in [0.3, 0.4) is 0 Å². The van der Waals surface area contributed by atoms with Gasteiger partial charge in [0.05, 0.1) is 39.1 Å². The van der Waals surface area contributed by atoms with Crippen molar-refractivity contribution < 1.29 is 0 Å². The summed E-state index contributed by atoms with van der Waals surface area (Å²) in [7, 11) is 0. The smallest absolute Gasteiger partial charge is 0.0926 e. The molecule has 0 N–H and O–H groups in total. The molecule has 0 aromatic carbocycles. The average Bonchev–Trinajstić information content (AvgIpc) is 2.86. The highest BCUT2D eigenvalue weighted by Crippen LogP contribution is 2.34. The largest absolute Gasteiger partial charge is 0.264 e. The first kappa shape index (κ1) is 22.2. The van der Waals surface area contributed by atoms with Gasteiger partial charge in [-0.1, -0.05) is 0 Å². The predicted molar refractivity (Wildman–Crippen MR) is 145 cm³/mol. The molecule has 36 heavy (non-hydrogen) atoms. The summed E-state index contributed by atoms with van der Waals surface area (Å²) in [5, 5.41) is 2.12. The van der Waals surface area contributed by atoms with Gasteiger partial charge >= 0.3 is 0 Å². The summed E-state index contributed by atoms with van der Waals surface area (Å²) >= 11 is 0. The van der Waals surface area contributed by atoms with Gasteiger partial charge in [-0.3, -0.25) is 24.9 Å². The van der Waals surface area contributed by atoms with Gasteiger partial charge in [-0.05, 0) is 87.6 Å². The Labute approximate surface area is 209 Å². The number of fused-ring (bicyclic) bond motifs is 3. The van der Waals surface area contributed by atoms with E-state index in [4.69, 9.17) is 19.9 Å². The Morgan fingerprint density at radius 1 is 0.528 bits per heavy atom. The molecule has 6 heterocycles. The van der Waals surface area contributed by atoms with Crippen molar-refractivity contribution in [3.05, 3.63) is 82.7 Å². The highest BCUT2D eigenvalue weighted by atomic mass is 14.8. The minimum atomic E-state index is 0.887. The second-order valence-corrected chi connectivity index (χ2v) is 9.58. The fourth-order valence-corrected chi connectivity index (χ4v) is 5.06. The zero-order valence-corrected chi connectivity index (χ0v) is 21.3. The molecule has 6 nitrogen and oxygen atoms in total. The molecule has 0 aliphatic rings. The molecule has 0 unspecified atom stereocenters. The molecule has 0 aliphatic carbocycles. The van der Waals surface area contributed by atoms with Gasteiger partial charge in [0.15, 0.2) is 0 Å². The predicted octanol–water partition coefficient (Wildman–Crippen LogP) is 6.70. The molecular formula is C30H26N6. The third-order valence-electron chi connectivity index (χ3n) is 7.17. The van der Waals surface area contributed by atoms with Crippen LogP contribution in [0.25, 0.3) is 55.4 Å². The minimum absolute atomic E-state index is 0.887. The van der Waals surface area contributed by atoms with Crippen LogP contribution in [0.4, 0.5) is 0 Å². The lowest BCUT2D eigenvalue weighted by Crippen LogP contribution is -1.99. The third-order valence-corrected chi connectivity index (χ3v) is 7.17. The number of pyridine rings is 6. The van der Waals surface area contributed by atoms with Gasteiger partial charge in [0.25, 0.3) is 0 Å². The molecule has 0 radical (unpaired) electrons. The van der Waals surface area contributed by atoms with Crippen LogP contribution in [-0.4, -0.2) is 29.9 Å². The minimum Gasteiger partial charge on any atom is -0.264 e. The van der Waals surface area contributed by atoms with E-state index < -0.39 is 0 Å². The van der Waals surface area contributed by atoms with Crippen LogP contribution in [0.5, 0.6) is 0 Å². The fourth-order valence-electron chi connectivity index (χ4n) is 5.06. The van der Waals surface area contributed by atoms with Crippen LogP contribution < -0.4 is 0 Å². The summed E-state index contributed by atoms with van der Waals surface area (Å²) in [5.41, 5.74) is 14.0. The van der Waals surface area contributed by atoms with Crippen molar-refractivity contribution in [2.75, 3.05) is 0 Å². The Bertz CT molecular complexity index is 1860. The van der Waals surface area contributed by atoms with Gasteiger partial charge in [-0.15, -0.1) is 0 Å². The van der Waals surface area contributed by atoms with E-state index in [0.717, 1.165) is 88.9 Å². The Balaban J connectivity index is 1.58. The highest BCUT2D eigenvalue weighted by Gasteiger charge is 2.17. The van der Waals surface area contributed by atoms with E-state index in [0.29, 0.717) is 0 Å². The molecular weight excluding hydrogens is 444 g/mol. The van der Waals surface area contributed by atoms with Crippen LogP contribution in [0.2, 0.25) is 0 Å². The van der Waals surface area contributed by atoms with Crippen LogP contribution in [0, 0.1) is 41.5 Å². The molecule has 0 atom stereocenters. The van der Waals surface area contributed by atoms with Gasteiger partial charge in [-0.2, -0.15) is 0 Å². The van der Waals surface area contributed by atoms with Crippen LogP contribution in [0.1, 0.15) is 33.5 Å². The second-order valence-electron chi connectivity index (χ2n) is 9.58. The normalized spacial score (nSPS) is 11.6. The molecule has 0 aliphatic heterocycles. The average molecular weight is 471 g/mol. The van der Waals surface area contributed by atoms with E-state index in [1.165, 1.54) is 0 Å². The van der Waals surface area contributed by atoms with Gasteiger partial charge in [-0.25, -0.2) is 4.98 Å². The summed E-state index contributed by atoms with van der Waals surface area (Å²) in [4.78, 5) is 28.4. The van der Waals surface area contributed by atoms with Crippen molar-refractivity contribution in [3.8, 4) is 22.5 Å². The van der Waals surface area contributed by atoms with E-state index in [1.807, 2.05) is 50.9 Å². The molecule has 6 rings (SSSR count). The molecule has 6 aromatic heterocycles. The lowest BCUT2D eigenvalue weighted by Gasteiger charge is -2.14. The maximum atomic E-state index is 5.00. The van der Waals surface area contributed by atoms with Crippen molar-refractivity contribution in [1.82, 2.24) is 29.9 Å². The van der Waals surface area contributed by atoms with Crippen LogP contribution >= 0.6 is 0 Å². The first-order valence-electron chi connectivity index (χ1n) is 12.0. The van der Waals surface area contributed by atoms with E-state index in [9.17, 15) is 0 Å². The monoisotopic (exact) mass is 470 g/mol. The van der Waals surface area contributed by atoms with Gasteiger partial charge in [0, 0.05) is 52.9 Å². The first-order valence-corrected chi connectivity index (χ1v) is 12.0. The number of hydrogen-bond acceptors (Lipinski definition) is 6. The molecule has 0 fully saturated rings. The zero-order chi connectivity index (χ0) is 25.1. The van der Waals surface area contributed by atoms with Crippen molar-refractivity contribution in [2.24, 2.45) is 0 Å². The number of aryl methyl sites for hydroxylation is 6. The molecule has 0 saturated carbocycles. The number of nitrogens with zero attached hydrogens (tertiary/aromatic N) is 6. The molecule has 0 bridgehead atoms. The van der Waals surface area contributed by atoms with Crippen LogP contribution in [0.15, 0.2) is 49.2 Å². The molecule has 0 amide bonds. The topological polar surface area (TPSA) is 77.3 Å². The summed E-state index contributed by atoms with van der Waals surface area (Å²) < 4.78 is 0. The van der Waals surface area contributed by atoms with E-state index in [-0.39, 0.29) is 0 Å². The summed E-state index contributed by atoms with van der Waals surface area (Å²) in [6.45, 7) is 12.5. The highest BCUT2D eigenvalue weighted by molar-refractivity contribution is 5.94. The second kappa shape index (κ2) is 8.12. The Morgan fingerprint density at radius 3 is 2.00 bits per heavy atom. The van der Waals surface area contributed by atoms with Gasteiger partial charge in [0.2, 0.25) is 0 Å². The van der Waals surface area contributed by atoms with Crippen molar-refractivity contribution in [2.45, 2.75) is 41.5 Å². The SMILES string of the molecule is Cc1c(-c2cc3c(C)c(-c4cc(C)c5nccc(C)c5n4)cnc3c(C)n2)cnc2c(C)cncc12. The van der Waals surface area contributed by atoms with E-state index in [1.54, 1.807) is 0 Å². The van der Waals surface area contributed by atoms with Crippen molar-refractivity contribution in [1.29, 1.82) is 0 Å². The summed E-state index contributed by atoms with van der Waals surface area (Å²) in [5.74, 6) is 0. The quantitative estimate of drug-likeness (QED) is 0.280. The molecule has 0 saturated heterocycles. The zero-order valence-electron chi connectivity index (χ0n) is 21.3. The Hall–Kier alpha value is -4.32. The Kier molecular flexibility index (Phi) is 5.00. The summed E-state index contributed by atoms with van der Waals surface area (Å²) in [6, 6.07) is 6.24. The third kappa shape index (κ3) is 3.33. The fraction of sp³-hybridized carbons (Fsp3) is 0.200. The standard InChI is InChI=1S/C30H26N6/c1-15-7-8-32-28-16(2)9-25(36-29(15)28)22-14-34-30-20(6)35-26(10-21(30)18(22)4)23-13-33-27-17(3)11-31-12-24(27)19(23)5/h7-14H,1-6H3. The van der Waals surface area contributed by atoms with Gasteiger partial charge < -0.3 is 0 Å². The lowest BCUT2D eigenvalue weighted by atomic mass is 9.97. The molecule has 0 spiro atoms.